The highest BCUT2D eigenvalue weighted by Gasteiger charge is 2.22. The topological polar surface area (TPSA) is 70.6 Å². The van der Waals surface area contributed by atoms with Crippen LogP contribution in [0.2, 0.25) is 0 Å². The third-order valence-electron chi connectivity index (χ3n) is 4.98. The Balaban J connectivity index is 1.67. The lowest BCUT2D eigenvalue weighted by atomic mass is 9.90. The van der Waals surface area contributed by atoms with Crippen molar-refractivity contribution in [2.45, 2.75) is 26.2 Å². The van der Waals surface area contributed by atoms with Crippen LogP contribution in [0.3, 0.4) is 0 Å². The largest absolute Gasteiger partial charge is 0.346 e. The van der Waals surface area contributed by atoms with Crippen molar-refractivity contribution in [2.75, 3.05) is 6.54 Å². The van der Waals surface area contributed by atoms with E-state index in [1.54, 1.807) is 0 Å². The fraction of sp³-hybridized carbons (Fsp3) is 0.222. The molecule has 0 spiro atoms. The summed E-state index contributed by atoms with van der Waals surface area (Å²) in [6.45, 7) is 4.06. The minimum absolute atomic E-state index is 0.151. The Labute approximate surface area is 189 Å². The number of hydrogen-bond acceptors (Lipinski definition) is 3. The van der Waals surface area contributed by atoms with E-state index in [9.17, 15) is 9.59 Å². The Morgan fingerprint density at radius 1 is 0.781 bits per heavy atom. The third kappa shape index (κ3) is 6.64. The van der Waals surface area contributed by atoms with Crippen LogP contribution in [0.5, 0.6) is 0 Å². The number of carbonyl (C=O) groups excluding carboxylic acids is 2. The maximum atomic E-state index is 13.0. The van der Waals surface area contributed by atoms with Crippen LogP contribution in [-0.2, 0) is 9.59 Å². The van der Waals surface area contributed by atoms with Crippen molar-refractivity contribution in [2.24, 2.45) is 11.0 Å². The van der Waals surface area contributed by atoms with Crippen LogP contribution >= 0.6 is 0 Å². The molecule has 2 amide bonds. The first-order chi connectivity index (χ1) is 15.5. The van der Waals surface area contributed by atoms with Crippen molar-refractivity contribution in [3.05, 3.63) is 108 Å². The second kappa shape index (κ2) is 11.6. The Kier molecular flexibility index (Phi) is 8.32. The number of nitrogens with one attached hydrogen (secondary N) is 2. The number of hydrazone groups is 1. The zero-order valence-corrected chi connectivity index (χ0v) is 18.5. The van der Waals surface area contributed by atoms with Gasteiger partial charge in [-0.3, -0.25) is 9.59 Å². The van der Waals surface area contributed by atoms with E-state index in [0.717, 1.165) is 28.8 Å². The van der Waals surface area contributed by atoms with Crippen molar-refractivity contribution in [3.63, 3.8) is 0 Å². The van der Waals surface area contributed by atoms with Crippen LogP contribution in [0.1, 0.15) is 42.9 Å². The van der Waals surface area contributed by atoms with Gasteiger partial charge in [0.2, 0.25) is 5.91 Å². The van der Waals surface area contributed by atoms with Gasteiger partial charge in [-0.05, 0) is 29.0 Å². The second-order valence-corrected chi connectivity index (χ2v) is 8.03. The van der Waals surface area contributed by atoms with Crippen LogP contribution in [0.25, 0.3) is 0 Å². The maximum Gasteiger partial charge on any atom is 0.259 e. The molecule has 0 saturated heterocycles. The van der Waals surface area contributed by atoms with E-state index >= 15 is 0 Å². The van der Waals surface area contributed by atoms with Gasteiger partial charge in [0.1, 0.15) is 0 Å². The van der Waals surface area contributed by atoms with Gasteiger partial charge in [-0.2, -0.15) is 5.10 Å². The Morgan fingerprint density at radius 2 is 1.28 bits per heavy atom. The Hall–Kier alpha value is -3.73. The molecule has 3 rings (SSSR count). The highest BCUT2D eigenvalue weighted by Crippen LogP contribution is 2.24. The molecule has 32 heavy (non-hydrogen) atoms. The third-order valence-corrected chi connectivity index (χ3v) is 4.98. The lowest BCUT2D eigenvalue weighted by Crippen LogP contribution is -2.38. The van der Waals surface area contributed by atoms with Gasteiger partial charge in [-0.1, -0.05) is 105 Å². The van der Waals surface area contributed by atoms with Crippen LogP contribution in [0.15, 0.2) is 96.1 Å². The van der Waals surface area contributed by atoms with Crippen LogP contribution < -0.4 is 10.7 Å². The molecular formula is C27H29N3O2. The number of nitrogens with zero attached hydrogens (tertiary/aromatic N) is 1. The molecular weight excluding hydrogens is 398 g/mol. The van der Waals surface area contributed by atoms with E-state index < -0.39 is 5.92 Å². The number of amides is 2. The van der Waals surface area contributed by atoms with Gasteiger partial charge < -0.3 is 5.32 Å². The maximum absolute atomic E-state index is 13.0. The van der Waals surface area contributed by atoms with Gasteiger partial charge in [0.15, 0.2) is 0 Å². The number of benzene rings is 3. The normalized spacial score (nSPS) is 11.4. The minimum Gasteiger partial charge on any atom is -0.346 e. The molecule has 3 aromatic rings. The average Bonchev–Trinajstić information content (AvgIpc) is 2.82. The van der Waals surface area contributed by atoms with Gasteiger partial charge in [0.25, 0.3) is 5.91 Å². The van der Waals surface area contributed by atoms with Gasteiger partial charge in [-0.25, -0.2) is 5.43 Å². The molecule has 5 heteroatoms. The number of carbonyl (C=O) groups is 2. The van der Waals surface area contributed by atoms with E-state index in [0.29, 0.717) is 5.92 Å². The summed E-state index contributed by atoms with van der Waals surface area (Å²) in [4.78, 5) is 25.5. The van der Waals surface area contributed by atoms with E-state index in [2.05, 4.69) is 29.7 Å². The highest BCUT2D eigenvalue weighted by molar-refractivity contribution is 6.01. The average molecular weight is 428 g/mol. The molecule has 0 heterocycles. The highest BCUT2D eigenvalue weighted by atomic mass is 16.2. The summed E-state index contributed by atoms with van der Waals surface area (Å²) in [6, 6.07) is 28.9. The quantitative estimate of drug-likeness (QED) is 0.390. The molecule has 0 aliphatic rings. The predicted octanol–water partition coefficient (Wildman–Crippen LogP) is 4.50. The first-order valence-corrected chi connectivity index (χ1v) is 10.8. The molecule has 0 aliphatic carbocycles. The predicted molar refractivity (Wildman–Crippen MR) is 128 cm³/mol. The molecule has 3 aromatic carbocycles. The molecule has 0 saturated carbocycles. The van der Waals surface area contributed by atoms with Gasteiger partial charge in [0, 0.05) is 0 Å². The molecule has 0 aromatic heterocycles. The molecule has 5 nitrogen and oxygen atoms in total. The minimum atomic E-state index is -0.491. The van der Waals surface area contributed by atoms with Crippen molar-refractivity contribution in [1.82, 2.24) is 10.7 Å². The zero-order valence-electron chi connectivity index (χ0n) is 18.5. The van der Waals surface area contributed by atoms with Gasteiger partial charge >= 0.3 is 0 Å². The van der Waals surface area contributed by atoms with Gasteiger partial charge in [0.05, 0.1) is 18.2 Å². The van der Waals surface area contributed by atoms with Crippen molar-refractivity contribution in [1.29, 1.82) is 0 Å². The molecule has 164 valence electrons. The molecule has 0 fully saturated rings. The van der Waals surface area contributed by atoms with E-state index in [1.807, 2.05) is 91.0 Å². The Morgan fingerprint density at radius 3 is 1.78 bits per heavy atom. The first kappa shape index (κ1) is 22.9. The summed E-state index contributed by atoms with van der Waals surface area (Å²) >= 11 is 0. The monoisotopic (exact) mass is 427 g/mol. The Bertz CT molecular complexity index is 993. The zero-order chi connectivity index (χ0) is 22.8. The van der Waals surface area contributed by atoms with E-state index in [-0.39, 0.29) is 18.4 Å². The lowest BCUT2D eigenvalue weighted by molar-refractivity contribution is -0.126. The first-order valence-electron chi connectivity index (χ1n) is 10.8. The van der Waals surface area contributed by atoms with Crippen LogP contribution in [-0.4, -0.2) is 24.1 Å². The summed E-state index contributed by atoms with van der Waals surface area (Å²) in [7, 11) is 0. The number of hydrogen-bond donors (Lipinski definition) is 2. The summed E-state index contributed by atoms with van der Waals surface area (Å²) in [5, 5.41) is 7.10. The smallest absolute Gasteiger partial charge is 0.259 e. The summed E-state index contributed by atoms with van der Waals surface area (Å²) in [6.07, 6.45) is 0.737. The fourth-order valence-electron chi connectivity index (χ4n) is 3.47. The van der Waals surface area contributed by atoms with Crippen LogP contribution in [0, 0.1) is 5.92 Å². The van der Waals surface area contributed by atoms with Crippen molar-refractivity contribution < 1.29 is 9.59 Å². The van der Waals surface area contributed by atoms with E-state index in [1.165, 1.54) is 0 Å². The van der Waals surface area contributed by atoms with Crippen molar-refractivity contribution in [3.8, 4) is 0 Å². The molecule has 2 N–H and O–H groups in total. The molecule has 0 unspecified atom stereocenters. The van der Waals surface area contributed by atoms with Crippen LogP contribution in [0.4, 0.5) is 0 Å². The van der Waals surface area contributed by atoms with E-state index in [4.69, 9.17) is 0 Å². The van der Waals surface area contributed by atoms with Crippen molar-refractivity contribution >= 4 is 17.5 Å². The molecule has 0 bridgehead atoms. The fourth-order valence-corrected chi connectivity index (χ4v) is 3.47. The summed E-state index contributed by atoms with van der Waals surface area (Å²) < 4.78 is 0. The summed E-state index contributed by atoms with van der Waals surface area (Å²) in [5.74, 6) is -0.694. The van der Waals surface area contributed by atoms with Gasteiger partial charge in [-0.15, -0.1) is 0 Å². The SMILES string of the molecule is CC(C)C/C(=N/NC(=O)CNC(=O)C(c1ccccc1)c1ccccc1)c1ccccc1. The lowest BCUT2D eigenvalue weighted by Gasteiger charge is -2.17. The molecule has 0 aliphatic heterocycles. The molecule has 0 radical (unpaired) electrons. The molecule has 0 atom stereocenters. The second-order valence-electron chi connectivity index (χ2n) is 8.03. The standard InChI is InChI=1S/C27H29N3O2/c1-20(2)18-24(21-12-6-3-7-13-21)29-30-25(31)19-28-27(32)26(22-14-8-4-9-15-22)23-16-10-5-11-17-23/h3-17,20,26H,18-19H2,1-2H3,(H,28,32)(H,30,31)/b29-24-. The number of rotatable bonds is 9. The summed E-state index contributed by atoms with van der Waals surface area (Å²) in [5.41, 5.74) is 6.12.